The van der Waals surface area contributed by atoms with Crippen LogP contribution in [0, 0.1) is 0 Å². The summed E-state index contributed by atoms with van der Waals surface area (Å²) in [5, 5.41) is 0.765. The predicted octanol–water partition coefficient (Wildman–Crippen LogP) is 1.02. The first kappa shape index (κ1) is 17.7. The number of piperazine rings is 1. The minimum Gasteiger partial charge on any atom is -0.328 e. The van der Waals surface area contributed by atoms with E-state index in [1.807, 2.05) is 12.1 Å². The standard InChI is InChI=1S/C22H24ClN5/c1-25-10-12-26(13-11-25)14-15-27-21(17-6-8-18(23)9-7-17)16-28-20-5-3-2-4-19(20)24-22(27)28/h2-9,16H,10-15H2,1H3/p+2. The summed E-state index contributed by atoms with van der Waals surface area (Å²) in [7, 11) is 2.29. The lowest BCUT2D eigenvalue weighted by atomic mass is 10.1. The van der Waals surface area contributed by atoms with Crippen molar-refractivity contribution in [2.45, 2.75) is 6.54 Å². The monoisotopic (exact) mass is 395 g/mol. The number of para-hydroxylation sites is 2. The fraction of sp³-hybridized carbons (Fsp3) is 0.318. The minimum absolute atomic E-state index is 0.765. The number of quaternary nitrogens is 2. The summed E-state index contributed by atoms with van der Waals surface area (Å²) in [6, 6.07) is 16.5. The van der Waals surface area contributed by atoms with Crippen LogP contribution in [-0.2, 0) is 6.54 Å². The predicted molar refractivity (Wildman–Crippen MR) is 113 cm³/mol. The lowest BCUT2D eigenvalue weighted by Gasteiger charge is -2.27. The maximum Gasteiger partial charge on any atom is 0.215 e. The Labute approximate surface area is 169 Å². The van der Waals surface area contributed by atoms with Crippen molar-refractivity contribution in [3.05, 3.63) is 59.8 Å². The van der Waals surface area contributed by atoms with Crippen molar-refractivity contribution in [1.82, 2.24) is 14.0 Å². The Bertz CT molecular complexity index is 1100. The van der Waals surface area contributed by atoms with Crippen molar-refractivity contribution in [2.75, 3.05) is 39.8 Å². The summed E-state index contributed by atoms with van der Waals surface area (Å²) in [6.45, 7) is 7.10. The van der Waals surface area contributed by atoms with Gasteiger partial charge in [0, 0.05) is 11.2 Å². The van der Waals surface area contributed by atoms with E-state index in [2.05, 4.69) is 58.6 Å². The summed E-state index contributed by atoms with van der Waals surface area (Å²) in [5.74, 6) is 1.02. The second kappa shape index (κ2) is 7.24. The molecule has 0 unspecified atom stereocenters. The van der Waals surface area contributed by atoms with Gasteiger partial charge >= 0.3 is 0 Å². The number of likely N-dealkylation sites (N-methyl/N-ethyl adjacent to an activating group) is 1. The normalized spacial score (nSPS) is 20.2. The van der Waals surface area contributed by atoms with Gasteiger partial charge in [0.25, 0.3) is 0 Å². The van der Waals surface area contributed by atoms with Gasteiger partial charge in [-0.25, -0.2) is 4.98 Å². The van der Waals surface area contributed by atoms with Crippen molar-refractivity contribution in [2.24, 2.45) is 0 Å². The molecule has 0 saturated carbocycles. The number of imidazole rings is 2. The van der Waals surface area contributed by atoms with E-state index in [0.717, 1.165) is 34.9 Å². The van der Waals surface area contributed by atoms with E-state index in [1.165, 1.54) is 37.4 Å². The highest BCUT2D eigenvalue weighted by Gasteiger charge is 2.21. The highest BCUT2D eigenvalue weighted by molar-refractivity contribution is 6.30. The van der Waals surface area contributed by atoms with E-state index < -0.39 is 0 Å². The molecule has 1 fully saturated rings. The van der Waals surface area contributed by atoms with Gasteiger partial charge in [0.05, 0.1) is 36.9 Å². The quantitative estimate of drug-likeness (QED) is 0.531. The lowest BCUT2D eigenvalue weighted by Crippen LogP contribution is -3.27. The van der Waals surface area contributed by atoms with Gasteiger partial charge in [0.2, 0.25) is 5.78 Å². The van der Waals surface area contributed by atoms with Crippen LogP contribution < -0.4 is 9.80 Å². The van der Waals surface area contributed by atoms with E-state index >= 15 is 0 Å². The molecule has 2 aromatic heterocycles. The van der Waals surface area contributed by atoms with Crippen LogP contribution in [0.4, 0.5) is 0 Å². The van der Waals surface area contributed by atoms with Crippen molar-refractivity contribution in [3.8, 4) is 11.3 Å². The molecule has 0 spiro atoms. The summed E-state index contributed by atoms with van der Waals surface area (Å²) in [6.07, 6.45) is 2.22. The van der Waals surface area contributed by atoms with E-state index in [0.29, 0.717) is 0 Å². The highest BCUT2D eigenvalue weighted by atomic mass is 35.5. The van der Waals surface area contributed by atoms with Gasteiger partial charge in [0.15, 0.2) is 0 Å². The number of benzene rings is 2. The average Bonchev–Trinajstić information content (AvgIpc) is 3.24. The SMILES string of the molecule is C[NH+]1CC[NH+](CCn2c(-c3ccc(Cl)cc3)cn3c4ccccc4nc23)CC1. The van der Waals surface area contributed by atoms with Gasteiger partial charge in [-0.2, -0.15) is 0 Å². The average molecular weight is 396 g/mol. The molecule has 0 bridgehead atoms. The molecule has 4 aromatic rings. The fourth-order valence-electron chi connectivity index (χ4n) is 4.27. The number of nitrogens with zero attached hydrogens (tertiary/aromatic N) is 3. The summed E-state index contributed by atoms with van der Waals surface area (Å²) >= 11 is 6.12. The molecular formula is C22H26ClN5+2. The molecule has 144 valence electrons. The summed E-state index contributed by atoms with van der Waals surface area (Å²) in [4.78, 5) is 8.28. The molecule has 5 rings (SSSR count). The van der Waals surface area contributed by atoms with E-state index in [-0.39, 0.29) is 0 Å². The van der Waals surface area contributed by atoms with Crippen LogP contribution in [-0.4, -0.2) is 53.7 Å². The van der Waals surface area contributed by atoms with Gasteiger partial charge in [-0.1, -0.05) is 35.9 Å². The Balaban J connectivity index is 1.55. The van der Waals surface area contributed by atoms with Crippen LogP contribution in [0.15, 0.2) is 54.7 Å². The summed E-state index contributed by atoms with van der Waals surface area (Å²) < 4.78 is 4.60. The zero-order chi connectivity index (χ0) is 19.1. The third-order valence-corrected chi connectivity index (χ3v) is 6.25. The zero-order valence-corrected chi connectivity index (χ0v) is 16.9. The van der Waals surface area contributed by atoms with Crippen LogP contribution in [0.2, 0.25) is 5.02 Å². The molecule has 0 atom stereocenters. The molecule has 6 heteroatoms. The smallest absolute Gasteiger partial charge is 0.215 e. The van der Waals surface area contributed by atoms with Crippen molar-refractivity contribution >= 4 is 28.4 Å². The number of hydrogen-bond donors (Lipinski definition) is 2. The Morgan fingerprint density at radius 3 is 2.54 bits per heavy atom. The zero-order valence-electron chi connectivity index (χ0n) is 16.2. The van der Waals surface area contributed by atoms with Crippen LogP contribution in [0.1, 0.15) is 0 Å². The fourth-order valence-corrected chi connectivity index (χ4v) is 4.40. The second-order valence-corrected chi connectivity index (χ2v) is 8.34. The second-order valence-electron chi connectivity index (χ2n) is 7.90. The highest BCUT2D eigenvalue weighted by Crippen LogP contribution is 2.27. The molecule has 3 heterocycles. The van der Waals surface area contributed by atoms with E-state index in [9.17, 15) is 0 Å². The Morgan fingerprint density at radius 1 is 1.00 bits per heavy atom. The molecular weight excluding hydrogens is 370 g/mol. The topological polar surface area (TPSA) is 31.1 Å². The molecule has 28 heavy (non-hydrogen) atoms. The molecule has 0 radical (unpaired) electrons. The Morgan fingerprint density at radius 2 is 1.75 bits per heavy atom. The Kier molecular flexibility index (Phi) is 4.59. The van der Waals surface area contributed by atoms with Crippen LogP contribution >= 0.6 is 11.6 Å². The lowest BCUT2D eigenvalue weighted by molar-refractivity contribution is -1.00. The first-order valence-electron chi connectivity index (χ1n) is 10.1. The van der Waals surface area contributed by atoms with E-state index in [1.54, 1.807) is 9.80 Å². The largest absolute Gasteiger partial charge is 0.328 e. The first-order chi connectivity index (χ1) is 13.7. The number of rotatable bonds is 4. The van der Waals surface area contributed by atoms with Gasteiger partial charge in [0.1, 0.15) is 26.2 Å². The number of aromatic nitrogens is 3. The molecule has 1 aliphatic rings. The molecule has 1 aliphatic heterocycles. The third kappa shape index (κ3) is 3.20. The van der Waals surface area contributed by atoms with Crippen molar-refractivity contribution in [1.29, 1.82) is 0 Å². The maximum absolute atomic E-state index is 6.12. The molecule has 1 saturated heterocycles. The van der Waals surface area contributed by atoms with E-state index in [4.69, 9.17) is 16.6 Å². The molecule has 2 aromatic carbocycles. The Hall–Kier alpha value is -2.34. The number of fused-ring (bicyclic) bond motifs is 3. The molecule has 2 N–H and O–H groups in total. The van der Waals surface area contributed by atoms with Gasteiger partial charge in [-0.3, -0.25) is 4.40 Å². The molecule has 0 amide bonds. The van der Waals surface area contributed by atoms with Gasteiger partial charge in [-0.15, -0.1) is 0 Å². The van der Waals surface area contributed by atoms with Crippen LogP contribution in [0.25, 0.3) is 28.1 Å². The summed E-state index contributed by atoms with van der Waals surface area (Å²) in [5.41, 5.74) is 4.58. The van der Waals surface area contributed by atoms with Gasteiger partial charge in [-0.05, 0) is 29.8 Å². The minimum atomic E-state index is 0.765. The van der Waals surface area contributed by atoms with Crippen molar-refractivity contribution in [3.63, 3.8) is 0 Å². The molecule has 5 nitrogen and oxygen atoms in total. The van der Waals surface area contributed by atoms with Crippen molar-refractivity contribution < 1.29 is 9.80 Å². The third-order valence-electron chi connectivity index (χ3n) is 6.00. The molecule has 0 aliphatic carbocycles. The van der Waals surface area contributed by atoms with Gasteiger partial charge < -0.3 is 14.4 Å². The number of hydrogen-bond acceptors (Lipinski definition) is 1. The maximum atomic E-state index is 6.12. The van der Waals surface area contributed by atoms with Crippen LogP contribution in [0.5, 0.6) is 0 Å². The van der Waals surface area contributed by atoms with Crippen LogP contribution in [0.3, 0.4) is 0 Å². The number of nitrogens with one attached hydrogen (secondary N) is 2. The number of halogens is 1. The first-order valence-corrected chi connectivity index (χ1v) is 10.4.